The van der Waals surface area contributed by atoms with Gasteiger partial charge in [0, 0.05) is 25.8 Å². The molecule has 0 radical (unpaired) electrons. The first-order valence-electron chi connectivity index (χ1n) is 4.92. The molecule has 0 heterocycles. The molecule has 17 heavy (non-hydrogen) atoms. The highest BCUT2D eigenvalue weighted by Crippen LogP contribution is 2.34. The van der Waals surface area contributed by atoms with Crippen molar-refractivity contribution in [3.63, 3.8) is 0 Å². The molecule has 0 saturated carbocycles. The molecule has 1 rings (SSSR count). The lowest BCUT2D eigenvalue weighted by atomic mass is 10.1. The monoisotopic (exact) mass is 243 g/mol. The number of halogens is 3. The highest BCUT2D eigenvalue weighted by Gasteiger charge is 2.34. The minimum Gasteiger partial charge on any atom is -0.373 e. The van der Waals surface area contributed by atoms with E-state index in [1.807, 2.05) is 0 Å². The van der Waals surface area contributed by atoms with Crippen LogP contribution < -0.4 is 10.6 Å². The Morgan fingerprint density at radius 1 is 1.41 bits per heavy atom. The van der Waals surface area contributed by atoms with Gasteiger partial charge in [0.25, 0.3) is 0 Å². The van der Waals surface area contributed by atoms with E-state index >= 15 is 0 Å². The number of nitrogens with two attached hydrogens (primary N) is 1. The number of likely N-dealkylation sites (N-methyl/N-ethyl adjacent to an activating group) is 1. The molecule has 0 unspecified atom stereocenters. The number of anilines is 1. The lowest BCUT2D eigenvalue weighted by Gasteiger charge is -2.20. The summed E-state index contributed by atoms with van der Waals surface area (Å²) in [6.07, 6.45) is -4.52. The summed E-state index contributed by atoms with van der Waals surface area (Å²) in [7, 11) is 1.65. The van der Waals surface area contributed by atoms with Gasteiger partial charge in [-0.25, -0.2) is 0 Å². The Morgan fingerprint density at radius 3 is 2.53 bits per heavy atom. The van der Waals surface area contributed by atoms with Gasteiger partial charge in [0.1, 0.15) is 0 Å². The molecule has 92 valence electrons. The molecule has 0 spiro atoms. The van der Waals surface area contributed by atoms with Gasteiger partial charge < -0.3 is 10.6 Å². The van der Waals surface area contributed by atoms with E-state index in [0.29, 0.717) is 18.8 Å². The number of hydrogen-bond donors (Lipinski definition) is 1. The summed E-state index contributed by atoms with van der Waals surface area (Å²) >= 11 is 0. The van der Waals surface area contributed by atoms with Crippen molar-refractivity contribution in [3.8, 4) is 6.07 Å². The van der Waals surface area contributed by atoms with Gasteiger partial charge in [0.2, 0.25) is 0 Å². The number of hydrogen-bond acceptors (Lipinski definition) is 3. The van der Waals surface area contributed by atoms with Gasteiger partial charge >= 0.3 is 6.18 Å². The van der Waals surface area contributed by atoms with Gasteiger partial charge in [-0.1, -0.05) is 0 Å². The topological polar surface area (TPSA) is 53.0 Å². The van der Waals surface area contributed by atoms with Crippen LogP contribution in [0.4, 0.5) is 18.9 Å². The maximum atomic E-state index is 12.7. The van der Waals surface area contributed by atoms with Crippen molar-refractivity contribution in [1.29, 1.82) is 5.26 Å². The van der Waals surface area contributed by atoms with Crippen molar-refractivity contribution >= 4 is 5.69 Å². The quantitative estimate of drug-likeness (QED) is 0.883. The fraction of sp³-hybridized carbons (Fsp3) is 0.364. The van der Waals surface area contributed by atoms with Crippen LogP contribution in [0.3, 0.4) is 0 Å². The van der Waals surface area contributed by atoms with E-state index in [0.717, 1.165) is 6.07 Å². The molecule has 0 aromatic heterocycles. The molecule has 1 aromatic carbocycles. The summed E-state index contributed by atoms with van der Waals surface area (Å²) in [5, 5.41) is 8.63. The zero-order valence-corrected chi connectivity index (χ0v) is 9.25. The van der Waals surface area contributed by atoms with Crippen LogP contribution >= 0.6 is 0 Å². The average Bonchev–Trinajstić information content (AvgIpc) is 2.27. The Bertz CT molecular complexity index is 435. The molecule has 1 aromatic rings. The van der Waals surface area contributed by atoms with Crippen molar-refractivity contribution in [2.75, 3.05) is 25.0 Å². The summed E-state index contributed by atoms with van der Waals surface area (Å²) in [5.41, 5.74) is 4.43. The minimum absolute atomic E-state index is 0.345. The van der Waals surface area contributed by atoms with Crippen LogP contribution in [0.25, 0.3) is 0 Å². The van der Waals surface area contributed by atoms with Gasteiger partial charge in [0.05, 0.1) is 17.2 Å². The second-order valence-electron chi connectivity index (χ2n) is 3.55. The number of rotatable bonds is 3. The van der Waals surface area contributed by atoms with Crippen LogP contribution in [0.1, 0.15) is 11.1 Å². The predicted molar refractivity (Wildman–Crippen MR) is 58.5 cm³/mol. The van der Waals surface area contributed by atoms with Crippen LogP contribution in [0, 0.1) is 11.3 Å². The van der Waals surface area contributed by atoms with E-state index in [9.17, 15) is 13.2 Å². The summed E-state index contributed by atoms with van der Waals surface area (Å²) in [6.45, 7) is 0.793. The minimum atomic E-state index is -4.52. The number of nitrogens with zero attached hydrogens (tertiary/aromatic N) is 2. The lowest BCUT2D eigenvalue weighted by Crippen LogP contribution is -2.25. The molecule has 6 heteroatoms. The van der Waals surface area contributed by atoms with Crippen LogP contribution in [0.2, 0.25) is 0 Å². The Morgan fingerprint density at radius 2 is 2.06 bits per heavy atom. The fourth-order valence-corrected chi connectivity index (χ4v) is 1.42. The molecular weight excluding hydrogens is 231 g/mol. The van der Waals surface area contributed by atoms with Crippen molar-refractivity contribution < 1.29 is 13.2 Å². The summed E-state index contributed by atoms with van der Waals surface area (Å²) in [6, 6.07) is 5.15. The predicted octanol–water partition coefficient (Wildman–Crippen LogP) is 1.97. The third kappa shape index (κ3) is 3.11. The first kappa shape index (κ1) is 13.3. The molecule has 3 nitrogen and oxygen atoms in total. The van der Waals surface area contributed by atoms with E-state index in [-0.39, 0.29) is 5.56 Å². The molecule has 0 aliphatic heterocycles. The van der Waals surface area contributed by atoms with Crippen molar-refractivity contribution in [1.82, 2.24) is 0 Å². The van der Waals surface area contributed by atoms with Gasteiger partial charge in [0.15, 0.2) is 0 Å². The van der Waals surface area contributed by atoms with Crippen molar-refractivity contribution in [2.24, 2.45) is 5.73 Å². The Hall–Kier alpha value is -1.74. The second-order valence-corrected chi connectivity index (χ2v) is 3.55. The Labute approximate surface area is 97.2 Å². The van der Waals surface area contributed by atoms with Gasteiger partial charge in [-0.2, -0.15) is 18.4 Å². The second kappa shape index (κ2) is 5.06. The van der Waals surface area contributed by atoms with E-state index in [1.165, 1.54) is 18.2 Å². The van der Waals surface area contributed by atoms with E-state index in [1.54, 1.807) is 11.9 Å². The first-order chi connectivity index (χ1) is 7.90. The van der Waals surface area contributed by atoms with E-state index in [2.05, 4.69) is 0 Å². The van der Waals surface area contributed by atoms with Gasteiger partial charge in [-0.15, -0.1) is 0 Å². The van der Waals surface area contributed by atoms with Gasteiger partial charge in [-0.05, 0) is 18.2 Å². The maximum absolute atomic E-state index is 12.7. The molecule has 0 aliphatic rings. The fourth-order valence-electron chi connectivity index (χ4n) is 1.42. The zero-order chi connectivity index (χ0) is 13.1. The largest absolute Gasteiger partial charge is 0.417 e. The molecular formula is C11H12F3N3. The molecule has 0 bridgehead atoms. The third-order valence-electron chi connectivity index (χ3n) is 2.33. The highest BCUT2D eigenvalue weighted by atomic mass is 19.4. The van der Waals surface area contributed by atoms with Gasteiger partial charge in [-0.3, -0.25) is 0 Å². The van der Waals surface area contributed by atoms with E-state index in [4.69, 9.17) is 11.0 Å². The molecule has 0 aliphatic carbocycles. The van der Waals surface area contributed by atoms with Crippen LogP contribution in [-0.4, -0.2) is 20.1 Å². The van der Waals surface area contributed by atoms with Crippen molar-refractivity contribution in [2.45, 2.75) is 6.18 Å². The van der Waals surface area contributed by atoms with E-state index < -0.39 is 11.7 Å². The molecule has 0 atom stereocenters. The number of benzene rings is 1. The maximum Gasteiger partial charge on any atom is 0.417 e. The number of nitriles is 1. The average molecular weight is 243 g/mol. The molecule has 0 saturated heterocycles. The first-order valence-corrected chi connectivity index (χ1v) is 4.92. The lowest BCUT2D eigenvalue weighted by molar-refractivity contribution is -0.137. The van der Waals surface area contributed by atoms with Crippen LogP contribution in [-0.2, 0) is 6.18 Å². The SMILES string of the molecule is CN(CCN)c1ccc(C#N)c(C(F)(F)F)c1. The zero-order valence-electron chi connectivity index (χ0n) is 9.25. The Kier molecular flexibility index (Phi) is 3.97. The summed E-state index contributed by atoms with van der Waals surface area (Å²) in [4.78, 5) is 1.61. The third-order valence-corrected chi connectivity index (χ3v) is 2.33. The summed E-state index contributed by atoms with van der Waals surface area (Å²) < 4.78 is 38.0. The highest BCUT2D eigenvalue weighted by molar-refractivity contribution is 5.54. The summed E-state index contributed by atoms with van der Waals surface area (Å²) in [5.74, 6) is 0. The normalized spacial score (nSPS) is 11.1. The smallest absolute Gasteiger partial charge is 0.373 e. The molecule has 2 N–H and O–H groups in total. The number of alkyl halides is 3. The molecule has 0 amide bonds. The molecule has 0 fully saturated rings. The van der Waals surface area contributed by atoms with Crippen LogP contribution in [0.5, 0.6) is 0 Å². The Balaban J connectivity index is 3.19. The van der Waals surface area contributed by atoms with Crippen LogP contribution in [0.15, 0.2) is 18.2 Å². The standard InChI is InChI=1S/C11H12F3N3/c1-17(5-4-15)9-3-2-8(7-16)10(6-9)11(12,13)14/h2-3,6H,4-5,15H2,1H3. The van der Waals surface area contributed by atoms with Crippen molar-refractivity contribution in [3.05, 3.63) is 29.3 Å².